The molecule has 4 aliphatic carbocycles. The molecule has 6 atom stereocenters. The smallest absolute Gasteiger partial charge is 0.213 e. The molecule has 4 heteroatoms. The Balaban J connectivity index is 1.15. The average Bonchev–Trinajstić information content (AvgIpc) is 3.45. The van der Waals surface area contributed by atoms with Gasteiger partial charge in [-0.05, 0) is 79.9 Å². The van der Waals surface area contributed by atoms with E-state index in [0.717, 1.165) is 42.0 Å². The van der Waals surface area contributed by atoms with Crippen LogP contribution in [0.5, 0.6) is 5.88 Å². The second-order valence-corrected chi connectivity index (χ2v) is 11.8. The highest BCUT2D eigenvalue weighted by Crippen LogP contribution is 2.65. The summed E-state index contributed by atoms with van der Waals surface area (Å²) in [7, 11) is 0. The fourth-order valence-corrected chi connectivity index (χ4v) is 8.39. The molecule has 0 N–H and O–H groups in total. The first-order valence-electron chi connectivity index (χ1n) is 13.5. The monoisotopic (exact) mass is 465 g/mol. The summed E-state index contributed by atoms with van der Waals surface area (Å²) in [4.78, 5) is 9.11. The molecular formula is C31H35N3O. The van der Waals surface area contributed by atoms with Gasteiger partial charge >= 0.3 is 0 Å². The summed E-state index contributed by atoms with van der Waals surface area (Å²) in [5, 5.41) is 0. The molecule has 2 aromatic heterocycles. The number of aromatic nitrogens is 3. The quantitative estimate of drug-likeness (QED) is 0.381. The summed E-state index contributed by atoms with van der Waals surface area (Å²) in [5.41, 5.74) is 6.02. The number of allylic oxidation sites excluding steroid dienone is 3. The minimum Gasteiger partial charge on any atom is -0.474 e. The highest BCUT2D eigenvalue weighted by molar-refractivity contribution is 5.80. The number of hydrogen-bond donors (Lipinski definition) is 0. The number of hydrogen-bond acceptors (Lipinski definition) is 3. The zero-order valence-electron chi connectivity index (χ0n) is 20.9. The van der Waals surface area contributed by atoms with Crippen LogP contribution in [-0.2, 0) is 0 Å². The zero-order chi connectivity index (χ0) is 23.6. The van der Waals surface area contributed by atoms with Gasteiger partial charge in [-0.25, -0.2) is 9.97 Å². The fourth-order valence-electron chi connectivity index (χ4n) is 8.39. The van der Waals surface area contributed by atoms with Gasteiger partial charge in [0, 0.05) is 29.8 Å². The van der Waals surface area contributed by atoms with E-state index in [1.165, 1.54) is 43.3 Å². The number of rotatable bonds is 3. The summed E-state index contributed by atoms with van der Waals surface area (Å²) >= 11 is 0. The van der Waals surface area contributed by atoms with Crippen LogP contribution in [0.25, 0.3) is 16.7 Å². The number of para-hydroxylation sites is 2. The van der Waals surface area contributed by atoms with Crippen molar-refractivity contribution in [3.63, 3.8) is 0 Å². The lowest BCUT2D eigenvalue weighted by atomic mass is 9.47. The molecular weight excluding hydrogens is 430 g/mol. The van der Waals surface area contributed by atoms with Crippen LogP contribution in [-0.4, -0.2) is 20.6 Å². The second kappa shape index (κ2) is 7.81. The molecule has 0 unspecified atom stereocenters. The van der Waals surface area contributed by atoms with E-state index >= 15 is 0 Å². The molecule has 2 heterocycles. The number of ether oxygens (including phenoxy) is 1. The summed E-state index contributed by atoms with van der Waals surface area (Å²) in [6.45, 7) is 5.11. The molecule has 1 aromatic carbocycles. The third-order valence-electron chi connectivity index (χ3n) is 10.2. The van der Waals surface area contributed by atoms with Gasteiger partial charge in [0.05, 0.1) is 11.0 Å². The normalized spacial score (nSPS) is 36.1. The molecule has 0 bridgehead atoms. The third kappa shape index (κ3) is 3.18. The third-order valence-corrected chi connectivity index (χ3v) is 10.2. The van der Waals surface area contributed by atoms with Gasteiger partial charge in [0.25, 0.3) is 0 Å². The molecule has 0 radical (unpaired) electrons. The van der Waals surface area contributed by atoms with E-state index in [2.05, 4.69) is 66.1 Å². The van der Waals surface area contributed by atoms with Crippen molar-refractivity contribution in [1.82, 2.24) is 14.5 Å². The number of fused-ring (bicyclic) bond motifs is 6. The standard InChI is InChI=1S/C31H35N3O/c1-30-16-14-22(35-29-9-5-6-18-32-29)19-21(30)10-11-23-24-12-13-28(31(24,2)17-15-25(23)30)34-20-33-26-7-3-4-8-27(26)34/h3-10,13,18,20,22-25H,11-12,14-17,19H2,1-2H3/t22-,23-,24-,25-,30-,31-/m0/s1. The lowest BCUT2D eigenvalue weighted by Crippen LogP contribution is -2.50. The van der Waals surface area contributed by atoms with E-state index in [0.29, 0.717) is 5.41 Å². The summed E-state index contributed by atoms with van der Waals surface area (Å²) < 4.78 is 8.68. The van der Waals surface area contributed by atoms with Gasteiger partial charge in [-0.2, -0.15) is 0 Å². The topological polar surface area (TPSA) is 39.9 Å². The lowest BCUT2D eigenvalue weighted by molar-refractivity contribution is -0.0225. The van der Waals surface area contributed by atoms with Crippen molar-refractivity contribution in [2.45, 2.75) is 64.9 Å². The van der Waals surface area contributed by atoms with E-state index in [1.54, 1.807) is 5.57 Å². The van der Waals surface area contributed by atoms with Crippen molar-refractivity contribution >= 4 is 16.7 Å². The van der Waals surface area contributed by atoms with E-state index in [4.69, 9.17) is 9.72 Å². The minimum atomic E-state index is 0.228. The van der Waals surface area contributed by atoms with Crippen LogP contribution < -0.4 is 4.74 Å². The average molecular weight is 466 g/mol. The largest absolute Gasteiger partial charge is 0.474 e. The highest BCUT2D eigenvalue weighted by Gasteiger charge is 2.57. The lowest BCUT2D eigenvalue weighted by Gasteiger charge is -2.57. The summed E-state index contributed by atoms with van der Waals surface area (Å²) in [5.74, 6) is 3.03. The van der Waals surface area contributed by atoms with Crippen LogP contribution in [0.4, 0.5) is 0 Å². The maximum absolute atomic E-state index is 6.29. The van der Waals surface area contributed by atoms with Crippen molar-refractivity contribution in [2.75, 3.05) is 0 Å². The summed E-state index contributed by atoms with van der Waals surface area (Å²) in [6.07, 6.45) is 17.7. The second-order valence-electron chi connectivity index (χ2n) is 11.8. The van der Waals surface area contributed by atoms with Gasteiger partial charge < -0.3 is 9.30 Å². The van der Waals surface area contributed by atoms with Gasteiger partial charge in [0.2, 0.25) is 5.88 Å². The van der Waals surface area contributed by atoms with Crippen LogP contribution in [0.15, 0.2) is 72.7 Å². The Bertz CT molecular complexity index is 1320. The Morgan fingerprint density at radius 3 is 2.63 bits per heavy atom. The fraction of sp³-hybridized carbons (Fsp3) is 0.484. The highest BCUT2D eigenvalue weighted by atomic mass is 16.5. The molecule has 7 rings (SSSR count). The molecule has 35 heavy (non-hydrogen) atoms. The molecule has 4 nitrogen and oxygen atoms in total. The SMILES string of the molecule is C[C@]12CC[C@H](Oc3ccccn3)CC1=CC[C@@H]1[C@@H]2CC[C@]2(C)C(n3cnc4ccccc43)=CC[C@@H]12. The van der Waals surface area contributed by atoms with Crippen molar-refractivity contribution in [1.29, 1.82) is 0 Å². The van der Waals surface area contributed by atoms with Crippen LogP contribution in [0.3, 0.4) is 0 Å². The van der Waals surface area contributed by atoms with E-state index in [9.17, 15) is 0 Å². The van der Waals surface area contributed by atoms with Crippen molar-refractivity contribution < 1.29 is 4.74 Å². The van der Waals surface area contributed by atoms with Gasteiger partial charge in [-0.15, -0.1) is 0 Å². The summed E-state index contributed by atoms with van der Waals surface area (Å²) in [6, 6.07) is 14.5. The van der Waals surface area contributed by atoms with Crippen LogP contribution in [0.1, 0.15) is 58.8 Å². The van der Waals surface area contributed by atoms with Crippen LogP contribution in [0, 0.1) is 28.6 Å². The predicted octanol–water partition coefficient (Wildman–Crippen LogP) is 7.29. The Labute approximate surface area is 208 Å². The van der Waals surface area contributed by atoms with Crippen molar-refractivity contribution in [3.8, 4) is 5.88 Å². The Hall–Kier alpha value is -2.88. The number of nitrogens with zero attached hydrogens (tertiary/aromatic N) is 3. The molecule has 2 saturated carbocycles. The number of imidazole rings is 1. The zero-order valence-corrected chi connectivity index (χ0v) is 20.9. The maximum atomic E-state index is 6.29. The first-order valence-corrected chi connectivity index (χ1v) is 13.5. The van der Waals surface area contributed by atoms with Gasteiger partial charge in [0.1, 0.15) is 12.4 Å². The molecule has 0 aliphatic heterocycles. The molecule has 2 fully saturated rings. The first kappa shape index (κ1) is 21.4. The van der Waals surface area contributed by atoms with Crippen molar-refractivity contribution in [2.24, 2.45) is 28.6 Å². The van der Waals surface area contributed by atoms with Gasteiger partial charge in [0.15, 0.2) is 0 Å². The van der Waals surface area contributed by atoms with E-state index in [1.807, 2.05) is 24.4 Å². The first-order chi connectivity index (χ1) is 17.1. The molecule has 0 amide bonds. The predicted molar refractivity (Wildman–Crippen MR) is 140 cm³/mol. The van der Waals surface area contributed by atoms with E-state index in [-0.39, 0.29) is 11.5 Å². The van der Waals surface area contributed by atoms with Crippen LogP contribution in [0.2, 0.25) is 0 Å². The van der Waals surface area contributed by atoms with Gasteiger partial charge in [-0.1, -0.05) is 49.8 Å². The molecule has 0 saturated heterocycles. The number of benzene rings is 1. The van der Waals surface area contributed by atoms with Crippen molar-refractivity contribution in [3.05, 3.63) is 72.7 Å². The molecule has 0 spiro atoms. The Kier molecular flexibility index (Phi) is 4.78. The molecule has 4 aliphatic rings. The van der Waals surface area contributed by atoms with E-state index < -0.39 is 0 Å². The molecule has 180 valence electrons. The number of pyridine rings is 1. The van der Waals surface area contributed by atoms with Crippen LogP contribution >= 0.6 is 0 Å². The molecule has 3 aromatic rings. The van der Waals surface area contributed by atoms with Gasteiger partial charge in [-0.3, -0.25) is 0 Å². The maximum Gasteiger partial charge on any atom is 0.213 e. The Morgan fingerprint density at radius 1 is 0.886 bits per heavy atom. The Morgan fingerprint density at radius 2 is 1.74 bits per heavy atom. The minimum absolute atomic E-state index is 0.228.